The summed E-state index contributed by atoms with van der Waals surface area (Å²) >= 11 is 0. The van der Waals surface area contributed by atoms with E-state index in [2.05, 4.69) is 0 Å². The molecule has 5 N–H and O–H groups in total. The van der Waals surface area contributed by atoms with E-state index in [1.165, 1.54) is 4.90 Å². The molecular weight excluding hydrogens is 222 g/mol. The molecule has 0 aliphatic carbocycles. The van der Waals surface area contributed by atoms with Crippen molar-refractivity contribution in [1.29, 1.82) is 0 Å². The molecule has 3 atom stereocenters. The number of rotatable bonds is 4. The summed E-state index contributed by atoms with van der Waals surface area (Å²) < 4.78 is 0. The molecule has 17 heavy (non-hydrogen) atoms. The summed E-state index contributed by atoms with van der Waals surface area (Å²) in [5.74, 6) is -0.784. The molecular formula is C11H21N3O3. The predicted octanol–water partition coefficient (Wildman–Crippen LogP) is -1.19. The smallest absolute Gasteiger partial charge is 0.240 e. The van der Waals surface area contributed by atoms with Gasteiger partial charge in [-0.2, -0.15) is 0 Å². The summed E-state index contributed by atoms with van der Waals surface area (Å²) in [6, 6.07) is -0.713. The van der Waals surface area contributed by atoms with Gasteiger partial charge in [-0.25, -0.2) is 0 Å². The fourth-order valence-electron chi connectivity index (χ4n) is 2.04. The normalized spacial score (nSPS) is 27.9. The minimum Gasteiger partial charge on any atom is -0.391 e. The van der Waals surface area contributed by atoms with Crippen LogP contribution in [0.15, 0.2) is 0 Å². The van der Waals surface area contributed by atoms with Crippen molar-refractivity contribution in [3.8, 4) is 0 Å². The first-order chi connectivity index (χ1) is 7.85. The zero-order chi connectivity index (χ0) is 13.2. The van der Waals surface area contributed by atoms with Crippen molar-refractivity contribution >= 4 is 11.8 Å². The number of carbonyl (C=O) groups excluding carboxylic acids is 2. The molecule has 1 aliphatic rings. The second-order valence-electron chi connectivity index (χ2n) is 4.88. The molecule has 6 nitrogen and oxygen atoms in total. The number of nitrogens with zero attached hydrogens (tertiary/aromatic N) is 1. The van der Waals surface area contributed by atoms with Crippen LogP contribution in [0.25, 0.3) is 0 Å². The Morgan fingerprint density at radius 3 is 2.53 bits per heavy atom. The molecule has 0 aromatic carbocycles. The van der Waals surface area contributed by atoms with Gasteiger partial charge in [0.2, 0.25) is 11.8 Å². The summed E-state index contributed by atoms with van der Waals surface area (Å²) in [5.41, 5.74) is 10.2. The van der Waals surface area contributed by atoms with E-state index in [0.717, 1.165) is 0 Å². The summed E-state index contributed by atoms with van der Waals surface area (Å²) in [4.78, 5) is 24.9. The predicted molar refractivity (Wildman–Crippen MR) is 62.8 cm³/mol. The molecule has 0 spiro atoms. The Balaban J connectivity index is 2.91. The van der Waals surface area contributed by atoms with E-state index in [-0.39, 0.29) is 25.4 Å². The lowest BCUT2D eigenvalue weighted by molar-refractivity contribution is -0.145. The van der Waals surface area contributed by atoms with E-state index in [0.29, 0.717) is 6.42 Å². The number of β-amino-alcohol motifs (C(OH)–C–C–N with tert-alkyl or cyclic N) is 1. The second-order valence-corrected chi connectivity index (χ2v) is 4.88. The number of carbonyl (C=O) groups is 2. The number of aliphatic hydroxyl groups excluding tert-OH is 1. The van der Waals surface area contributed by atoms with Crippen LogP contribution in [0, 0.1) is 5.41 Å². The molecule has 3 unspecified atom stereocenters. The highest BCUT2D eigenvalue weighted by Crippen LogP contribution is 2.28. The Morgan fingerprint density at radius 2 is 2.12 bits per heavy atom. The molecule has 6 heteroatoms. The summed E-state index contributed by atoms with van der Waals surface area (Å²) in [7, 11) is 0. The highest BCUT2D eigenvalue weighted by molar-refractivity contribution is 5.90. The summed E-state index contributed by atoms with van der Waals surface area (Å²) in [6.45, 7) is 4.00. The fraction of sp³-hybridized carbons (Fsp3) is 0.818. The average molecular weight is 243 g/mol. The van der Waals surface area contributed by atoms with Crippen molar-refractivity contribution in [3.63, 3.8) is 0 Å². The van der Waals surface area contributed by atoms with E-state index in [4.69, 9.17) is 11.5 Å². The van der Waals surface area contributed by atoms with Gasteiger partial charge < -0.3 is 21.5 Å². The molecule has 1 fully saturated rings. The maximum absolute atomic E-state index is 12.3. The molecule has 0 aromatic rings. The van der Waals surface area contributed by atoms with Gasteiger partial charge in [0.15, 0.2) is 0 Å². The first-order valence-corrected chi connectivity index (χ1v) is 5.84. The molecule has 0 radical (unpaired) electrons. The topological polar surface area (TPSA) is 110 Å². The van der Waals surface area contributed by atoms with Crippen LogP contribution in [0.3, 0.4) is 0 Å². The van der Waals surface area contributed by atoms with E-state index in [9.17, 15) is 14.7 Å². The van der Waals surface area contributed by atoms with Crippen LogP contribution in [-0.2, 0) is 9.59 Å². The van der Waals surface area contributed by atoms with Gasteiger partial charge in [-0.05, 0) is 13.3 Å². The molecule has 0 saturated carbocycles. The summed E-state index contributed by atoms with van der Waals surface area (Å²) in [6.07, 6.45) is 0.113. The molecule has 2 amide bonds. The molecule has 1 rings (SSSR count). The standard InChI is InChI=1S/C11H21N3O3/c1-3-11(2,6-12)10(17)14-5-7(15)4-8(14)9(13)16/h7-8,15H,3-6,12H2,1-2H3,(H2,13,16). The summed E-state index contributed by atoms with van der Waals surface area (Å²) in [5, 5.41) is 9.55. The Bertz CT molecular complexity index is 315. The average Bonchev–Trinajstić information content (AvgIpc) is 2.69. The largest absolute Gasteiger partial charge is 0.391 e. The fourth-order valence-corrected chi connectivity index (χ4v) is 2.04. The van der Waals surface area contributed by atoms with Gasteiger partial charge in [-0.1, -0.05) is 6.92 Å². The molecule has 1 aliphatic heterocycles. The zero-order valence-corrected chi connectivity index (χ0v) is 10.3. The third-order valence-corrected chi connectivity index (χ3v) is 3.62. The van der Waals surface area contributed by atoms with E-state index >= 15 is 0 Å². The first-order valence-electron chi connectivity index (χ1n) is 5.84. The Kier molecular flexibility index (Phi) is 4.11. The van der Waals surface area contributed by atoms with Gasteiger partial charge in [-0.15, -0.1) is 0 Å². The van der Waals surface area contributed by atoms with Crippen LogP contribution in [0.1, 0.15) is 26.7 Å². The maximum atomic E-state index is 12.3. The second kappa shape index (κ2) is 5.01. The number of primary amides is 1. The number of aliphatic hydroxyl groups is 1. The molecule has 1 saturated heterocycles. The quantitative estimate of drug-likeness (QED) is 0.576. The number of amides is 2. The number of nitrogens with two attached hydrogens (primary N) is 2. The highest BCUT2D eigenvalue weighted by Gasteiger charge is 2.43. The molecule has 0 aromatic heterocycles. The van der Waals surface area contributed by atoms with E-state index in [1.54, 1.807) is 6.92 Å². The van der Waals surface area contributed by atoms with Crippen LogP contribution >= 0.6 is 0 Å². The zero-order valence-electron chi connectivity index (χ0n) is 10.3. The van der Waals surface area contributed by atoms with Gasteiger partial charge in [-0.3, -0.25) is 9.59 Å². The third-order valence-electron chi connectivity index (χ3n) is 3.62. The maximum Gasteiger partial charge on any atom is 0.240 e. The van der Waals surface area contributed by atoms with Crippen molar-refractivity contribution in [2.24, 2.45) is 16.9 Å². The van der Waals surface area contributed by atoms with Gasteiger partial charge in [0.05, 0.1) is 11.5 Å². The van der Waals surface area contributed by atoms with Gasteiger partial charge in [0.25, 0.3) is 0 Å². The van der Waals surface area contributed by atoms with Crippen molar-refractivity contribution in [3.05, 3.63) is 0 Å². The van der Waals surface area contributed by atoms with Crippen molar-refractivity contribution in [1.82, 2.24) is 4.90 Å². The molecule has 98 valence electrons. The van der Waals surface area contributed by atoms with Crippen LogP contribution in [-0.4, -0.2) is 47.1 Å². The van der Waals surface area contributed by atoms with Gasteiger partial charge in [0, 0.05) is 19.5 Å². The lowest BCUT2D eigenvalue weighted by Crippen LogP contribution is -2.51. The van der Waals surface area contributed by atoms with Crippen molar-refractivity contribution < 1.29 is 14.7 Å². The number of hydrogen-bond acceptors (Lipinski definition) is 4. The van der Waals surface area contributed by atoms with Gasteiger partial charge >= 0.3 is 0 Å². The monoisotopic (exact) mass is 243 g/mol. The Labute approximate surface area is 101 Å². The van der Waals surface area contributed by atoms with Crippen LogP contribution in [0.5, 0.6) is 0 Å². The van der Waals surface area contributed by atoms with Crippen LogP contribution in [0.4, 0.5) is 0 Å². The first kappa shape index (κ1) is 13.9. The number of hydrogen-bond donors (Lipinski definition) is 3. The lowest BCUT2D eigenvalue weighted by Gasteiger charge is -2.32. The van der Waals surface area contributed by atoms with E-state index in [1.807, 2.05) is 6.92 Å². The molecule has 0 bridgehead atoms. The van der Waals surface area contributed by atoms with Gasteiger partial charge in [0.1, 0.15) is 6.04 Å². The minimum absolute atomic E-state index is 0.155. The molecule has 1 heterocycles. The van der Waals surface area contributed by atoms with Crippen molar-refractivity contribution in [2.45, 2.75) is 38.8 Å². The van der Waals surface area contributed by atoms with Crippen LogP contribution < -0.4 is 11.5 Å². The Morgan fingerprint density at radius 1 is 1.53 bits per heavy atom. The van der Waals surface area contributed by atoms with E-state index < -0.39 is 23.5 Å². The third kappa shape index (κ3) is 2.58. The van der Waals surface area contributed by atoms with Crippen LogP contribution in [0.2, 0.25) is 0 Å². The highest BCUT2D eigenvalue weighted by atomic mass is 16.3. The SMILES string of the molecule is CCC(C)(CN)C(=O)N1CC(O)CC1C(N)=O. The minimum atomic E-state index is -0.713. The number of likely N-dealkylation sites (tertiary alicyclic amines) is 1. The Hall–Kier alpha value is -1.14. The lowest BCUT2D eigenvalue weighted by atomic mass is 9.86. The van der Waals surface area contributed by atoms with Crippen molar-refractivity contribution in [2.75, 3.05) is 13.1 Å².